The lowest BCUT2D eigenvalue weighted by molar-refractivity contribution is -0.274. The number of nitrogens with one attached hydrogen (secondary N) is 2. The van der Waals surface area contributed by atoms with Gasteiger partial charge in [-0.25, -0.2) is 0 Å². The number of hydrogen-bond acceptors (Lipinski definition) is 5. The summed E-state index contributed by atoms with van der Waals surface area (Å²) in [6.45, 7) is 2.61. The average Bonchev–Trinajstić information content (AvgIpc) is 2.62. The number of halogens is 3. The van der Waals surface area contributed by atoms with E-state index in [-0.39, 0.29) is 11.7 Å². The molecule has 2 N–H and O–H groups in total. The fourth-order valence-corrected chi connectivity index (χ4v) is 2.44. The van der Waals surface area contributed by atoms with Gasteiger partial charge in [0, 0.05) is 17.4 Å². The molecule has 0 radical (unpaired) electrons. The van der Waals surface area contributed by atoms with E-state index in [4.69, 9.17) is 9.47 Å². The fraction of sp³-hybridized carbons (Fsp3) is 0.278. The lowest BCUT2D eigenvalue weighted by atomic mass is 10.2. The van der Waals surface area contributed by atoms with Gasteiger partial charge in [0.2, 0.25) is 5.91 Å². The Bertz CT molecular complexity index is 809. The molecule has 0 fully saturated rings. The highest BCUT2D eigenvalue weighted by atomic mass is 19.4. The zero-order valence-electron chi connectivity index (χ0n) is 14.3. The third kappa shape index (κ3) is 5.19. The maximum atomic E-state index is 12.3. The maximum Gasteiger partial charge on any atom is 0.573 e. The van der Waals surface area contributed by atoms with Gasteiger partial charge in [-0.15, -0.1) is 13.2 Å². The Labute approximate surface area is 153 Å². The molecule has 0 bridgehead atoms. The van der Waals surface area contributed by atoms with Crippen molar-refractivity contribution in [2.75, 3.05) is 23.8 Å². The van der Waals surface area contributed by atoms with E-state index in [1.54, 1.807) is 25.1 Å². The van der Waals surface area contributed by atoms with Crippen LogP contribution in [0.1, 0.15) is 6.92 Å². The first-order valence-electron chi connectivity index (χ1n) is 8.13. The summed E-state index contributed by atoms with van der Waals surface area (Å²) >= 11 is 0. The van der Waals surface area contributed by atoms with Crippen LogP contribution in [-0.2, 0) is 4.79 Å². The standard InChI is InChI=1S/C18H17F3N2O4/c1-11(22-13-4-7-15-16(10-13)26-9-8-25-15)17(24)23-12-2-5-14(6-3-12)27-18(19,20)21/h2-7,10-11,22H,8-9H2,1H3,(H,23,24). The Morgan fingerprint density at radius 2 is 1.67 bits per heavy atom. The van der Waals surface area contributed by atoms with Gasteiger partial charge in [-0.3, -0.25) is 4.79 Å². The Morgan fingerprint density at radius 1 is 1.04 bits per heavy atom. The molecule has 0 aliphatic carbocycles. The number of ether oxygens (including phenoxy) is 3. The smallest absolute Gasteiger partial charge is 0.486 e. The molecular formula is C18H17F3N2O4. The zero-order valence-corrected chi connectivity index (χ0v) is 14.3. The first-order valence-corrected chi connectivity index (χ1v) is 8.13. The summed E-state index contributed by atoms with van der Waals surface area (Å²) in [5.41, 5.74) is 1.03. The largest absolute Gasteiger partial charge is 0.573 e. The minimum atomic E-state index is -4.76. The highest BCUT2D eigenvalue weighted by Crippen LogP contribution is 2.32. The third-order valence-corrected chi connectivity index (χ3v) is 3.67. The summed E-state index contributed by atoms with van der Waals surface area (Å²) in [5.74, 6) is 0.529. The first kappa shape index (κ1) is 18.7. The van der Waals surface area contributed by atoms with Gasteiger partial charge >= 0.3 is 6.36 Å². The van der Waals surface area contributed by atoms with Crippen LogP contribution in [0.4, 0.5) is 24.5 Å². The Morgan fingerprint density at radius 3 is 2.33 bits per heavy atom. The molecule has 6 nitrogen and oxygen atoms in total. The quantitative estimate of drug-likeness (QED) is 0.823. The molecule has 0 aromatic heterocycles. The second-order valence-corrected chi connectivity index (χ2v) is 5.79. The van der Waals surface area contributed by atoms with E-state index >= 15 is 0 Å². The molecule has 3 rings (SSSR count). The molecule has 0 spiro atoms. The normalized spacial score (nSPS) is 14.2. The molecule has 144 valence electrons. The number of rotatable bonds is 5. The van der Waals surface area contributed by atoms with Gasteiger partial charge < -0.3 is 24.8 Å². The number of amides is 1. The first-order chi connectivity index (χ1) is 12.8. The molecule has 2 aromatic carbocycles. The number of alkyl halides is 3. The van der Waals surface area contributed by atoms with Crippen LogP contribution < -0.4 is 24.8 Å². The van der Waals surface area contributed by atoms with E-state index in [1.807, 2.05) is 0 Å². The van der Waals surface area contributed by atoms with Crippen LogP contribution in [0.2, 0.25) is 0 Å². The molecule has 0 saturated carbocycles. The van der Waals surface area contributed by atoms with Crippen LogP contribution in [0.5, 0.6) is 17.2 Å². The number of benzene rings is 2. The number of fused-ring (bicyclic) bond motifs is 1. The maximum absolute atomic E-state index is 12.3. The van der Waals surface area contributed by atoms with Gasteiger partial charge in [0.25, 0.3) is 0 Å². The highest BCUT2D eigenvalue weighted by Gasteiger charge is 2.31. The number of anilines is 2. The minimum Gasteiger partial charge on any atom is -0.486 e. The second kappa shape index (κ2) is 7.65. The van der Waals surface area contributed by atoms with Gasteiger partial charge in [0.1, 0.15) is 25.0 Å². The van der Waals surface area contributed by atoms with Crippen molar-refractivity contribution in [1.82, 2.24) is 0 Å². The van der Waals surface area contributed by atoms with E-state index in [0.29, 0.717) is 36.1 Å². The zero-order chi connectivity index (χ0) is 19.4. The van der Waals surface area contributed by atoms with Crippen molar-refractivity contribution in [2.45, 2.75) is 19.3 Å². The SMILES string of the molecule is CC(Nc1ccc2c(c1)OCCO2)C(=O)Nc1ccc(OC(F)(F)F)cc1. The van der Waals surface area contributed by atoms with Gasteiger partial charge in [-0.2, -0.15) is 0 Å². The van der Waals surface area contributed by atoms with Crippen molar-refractivity contribution < 1.29 is 32.2 Å². The van der Waals surface area contributed by atoms with E-state index in [2.05, 4.69) is 15.4 Å². The minimum absolute atomic E-state index is 0.352. The number of carbonyl (C=O) groups is 1. The third-order valence-electron chi connectivity index (χ3n) is 3.67. The summed E-state index contributed by atoms with van der Waals surface area (Å²) in [5, 5.41) is 5.65. The molecule has 1 amide bonds. The summed E-state index contributed by atoms with van der Waals surface area (Å²) in [4.78, 5) is 12.3. The van der Waals surface area contributed by atoms with Crippen LogP contribution in [0, 0.1) is 0 Å². The number of carbonyl (C=O) groups excluding carboxylic acids is 1. The molecule has 27 heavy (non-hydrogen) atoms. The summed E-state index contributed by atoms with van der Waals surface area (Å²) in [7, 11) is 0. The van der Waals surface area contributed by atoms with Crippen molar-refractivity contribution in [3.8, 4) is 17.2 Å². The molecule has 1 atom stereocenters. The van der Waals surface area contributed by atoms with Crippen LogP contribution in [0.25, 0.3) is 0 Å². The summed E-state index contributed by atoms with van der Waals surface area (Å²) in [6.07, 6.45) is -4.76. The van der Waals surface area contributed by atoms with Crippen LogP contribution in [0.15, 0.2) is 42.5 Å². The Kier molecular flexibility index (Phi) is 5.29. The lowest BCUT2D eigenvalue weighted by Crippen LogP contribution is -2.31. The topological polar surface area (TPSA) is 68.8 Å². The molecule has 2 aromatic rings. The van der Waals surface area contributed by atoms with E-state index in [0.717, 1.165) is 12.1 Å². The molecule has 1 aliphatic rings. The summed E-state index contributed by atoms with van der Waals surface area (Å²) < 4.78 is 51.2. The Balaban J connectivity index is 1.57. The summed E-state index contributed by atoms with van der Waals surface area (Å²) in [6, 6.07) is 9.57. The van der Waals surface area contributed by atoms with Gasteiger partial charge in [0.15, 0.2) is 11.5 Å². The van der Waals surface area contributed by atoms with Crippen LogP contribution >= 0.6 is 0 Å². The van der Waals surface area contributed by atoms with Crippen molar-refractivity contribution in [3.63, 3.8) is 0 Å². The predicted octanol–water partition coefficient (Wildman–Crippen LogP) is 3.80. The van der Waals surface area contributed by atoms with Crippen molar-refractivity contribution >= 4 is 17.3 Å². The van der Waals surface area contributed by atoms with Crippen LogP contribution in [-0.4, -0.2) is 31.5 Å². The van der Waals surface area contributed by atoms with Crippen molar-refractivity contribution in [2.24, 2.45) is 0 Å². The highest BCUT2D eigenvalue weighted by molar-refractivity contribution is 5.96. The Hall–Kier alpha value is -3.10. The molecule has 1 unspecified atom stereocenters. The molecular weight excluding hydrogens is 365 g/mol. The van der Waals surface area contributed by atoms with Crippen molar-refractivity contribution in [3.05, 3.63) is 42.5 Å². The molecule has 0 saturated heterocycles. The van der Waals surface area contributed by atoms with Crippen LogP contribution in [0.3, 0.4) is 0 Å². The molecule has 9 heteroatoms. The average molecular weight is 382 g/mol. The number of hydrogen-bond donors (Lipinski definition) is 2. The van der Waals surface area contributed by atoms with Gasteiger partial charge in [-0.1, -0.05) is 0 Å². The van der Waals surface area contributed by atoms with E-state index in [9.17, 15) is 18.0 Å². The monoisotopic (exact) mass is 382 g/mol. The van der Waals surface area contributed by atoms with Gasteiger partial charge in [0.05, 0.1) is 0 Å². The second-order valence-electron chi connectivity index (χ2n) is 5.79. The fourth-order valence-electron chi connectivity index (χ4n) is 2.44. The molecule has 1 heterocycles. The predicted molar refractivity (Wildman–Crippen MR) is 92.3 cm³/mol. The van der Waals surface area contributed by atoms with E-state index < -0.39 is 12.4 Å². The molecule has 1 aliphatic heterocycles. The van der Waals surface area contributed by atoms with Gasteiger partial charge in [-0.05, 0) is 43.3 Å². The van der Waals surface area contributed by atoms with E-state index in [1.165, 1.54) is 12.1 Å². The lowest BCUT2D eigenvalue weighted by Gasteiger charge is -2.20. The van der Waals surface area contributed by atoms with Crippen molar-refractivity contribution in [1.29, 1.82) is 0 Å².